The van der Waals surface area contributed by atoms with E-state index in [4.69, 9.17) is 0 Å². The zero-order valence-electron chi connectivity index (χ0n) is 9.75. The van der Waals surface area contributed by atoms with Gasteiger partial charge in [-0.1, -0.05) is 0 Å². The van der Waals surface area contributed by atoms with Crippen LogP contribution in [0.25, 0.3) is 11.1 Å². The Labute approximate surface area is 140 Å². The molecule has 8 heteroatoms. The average Bonchev–Trinajstić information content (AvgIpc) is 2.37. The van der Waals surface area contributed by atoms with Crippen molar-refractivity contribution in [3.63, 3.8) is 0 Å². The van der Waals surface area contributed by atoms with Crippen molar-refractivity contribution in [3.8, 4) is 11.1 Å². The molecule has 0 aliphatic carbocycles. The van der Waals surface area contributed by atoms with Gasteiger partial charge in [-0.3, -0.25) is 20.2 Å². The second-order valence-corrected chi connectivity index (χ2v) is 6.17. The van der Waals surface area contributed by atoms with Gasteiger partial charge in [-0.25, -0.2) is 0 Å². The van der Waals surface area contributed by atoms with Crippen molar-refractivity contribution in [1.82, 2.24) is 0 Å². The standard InChI is InChI=1S/C12H6I2N2O4/c13-9-5-7(1-3-11(9)15(17)18)8-2-4-12(16(19)20)10(14)6-8/h1-6H. The molecule has 0 saturated heterocycles. The fraction of sp³-hybridized carbons (Fsp3) is 0. The number of halogens is 2. The second kappa shape index (κ2) is 5.99. The Hall–Kier alpha value is -1.30. The van der Waals surface area contributed by atoms with Gasteiger partial charge in [-0.05, 0) is 80.6 Å². The zero-order chi connectivity index (χ0) is 14.9. The van der Waals surface area contributed by atoms with Crippen LogP contribution in [0.4, 0.5) is 11.4 Å². The summed E-state index contributed by atoms with van der Waals surface area (Å²) in [5.74, 6) is 0. The van der Waals surface area contributed by atoms with Gasteiger partial charge < -0.3 is 0 Å². The monoisotopic (exact) mass is 496 g/mol. The number of nitro groups is 2. The molecule has 0 atom stereocenters. The van der Waals surface area contributed by atoms with Gasteiger partial charge >= 0.3 is 0 Å². The van der Waals surface area contributed by atoms with Crippen LogP contribution in [0.1, 0.15) is 0 Å². The van der Waals surface area contributed by atoms with E-state index >= 15 is 0 Å². The third-order valence-electron chi connectivity index (χ3n) is 2.62. The van der Waals surface area contributed by atoms with E-state index in [0.29, 0.717) is 7.14 Å². The number of hydrogen-bond donors (Lipinski definition) is 0. The van der Waals surface area contributed by atoms with Crippen molar-refractivity contribution >= 4 is 56.6 Å². The largest absolute Gasteiger partial charge is 0.282 e. The number of hydrogen-bond acceptors (Lipinski definition) is 4. The van der Waals surface area contributed by atoms with Gasteiger partial charge in [0.15, 0.2) is 0 Å². The summed E-state index contributed by atoms with van der Waals surface area (Å²) in [6.07, 6.45) is 0. The van der Waals surface area contributed by atoms with Crippen LogP contribution in [-0.4, -0.2) is 9.85 Å². The van der Waals surface area contributed by atoms with E-state index in [-0.39, 0.29) is 11.4 Å². The van der Waals surface area contributed by atoms with Gasteiger partial charge in [0.2, 0.25) is 0 Å². The van der Waals surface area contributed by atoms with E-state index in [1.807, 2.05) is 45.2 Å². The molecule has 0 aromatic heterocycles. The van der Waals surface area contributed by atoms with Crippen molar-refractivity contribution in [2.75, 3.05) is 0 Å². The van der Waals surface area contributed by atoms with Crippen molar-refractivity contribution in [3.05, 3.63) is 63.8 Å². The van der Waals surface area contributed by atoms with Crippen LogP contribution in [0.5, 0.6) is 0 Å². The molecule has 2 aromatic rings. The quantitative estimate of drug-likeness (QED) is 0.359. The van der Waals surface area contributed by atoms with E-state index in [0.717, 1.165) is 11.1 Å². The van der Waals surface area contributed by atoms with Crippen molar-refractivity contribution in [1.29, 1.82) is 0 Å². The summed E-state index contributed by atoms with van der Waals surface area (Å²) in [7, 11) is 0. The maximum atomic E-state index is 10.8. The summed E-state index contributed by atoms with van der Waals surface area (Å²) in [4.78, 5) is 20.7. The third-order valence-corrected chi connectivity index (χ3v) is 4.35. The predicted molar refractivity (Wildman–Crippen MR) is 90.6 cm³/mol. The minimum absolute atomic E-state index is 0.0472. The molecule has 0 heterocycles. The predicted octanol–water partition coefficient (Wildman–Crippen LogP) is 4.38. The molecule has 0 radical (unpaired) electrons. The molecule has 102 valence electrons. The maximum absolute atomic E-state index is 10.8. The van der Waals surface area contributed by atoms with E-state index in [1.165, 1.54) is 12.1 Å². The Balaban J connectivity index is 2.47. The van der Waals surface area contributed by atoms with Gasteiger partial charge in [0.1, 0.15) is 0 Å². The molecule has 0 spiro atoms. The second-order valence-electron chi connectivity index (χ2n) is 3.85. The fourth-order valence-electron chi connectivity index (χ4n) is 1.67. The molecule has 0 fully saturated rings. The normalized spacial score (nSPS) is 10.3. The van der Waals surface area contributed by atoms with Gasteiger partial charge in [0, 0.05) is 12.1 Å². The zero-order valence-corrected chi connectivity index (χ0v) is 14.1. The Bertz CT molecular complexity index is 657. The first kappa shape index (κ1) is 15.1. The molecule has 0 N–H and O–H groups in total. The molecular formula is C12H6I2N2O4. The van der Waals surface area contributed by atoms with Crippen molar-refractivity contribution < 1.29 is 9.85 Å². The number of nitrogens with zero attached hydrogens (tertiary/aromatic N) is 2. The Morgan fingerprint density at radius 1 is 0.750 bits per heavy atom. The summed E-state index contributed by atoms with van der Waals surface area (Å²) in [6, 6.07) is 9.53. The number of nitro benzene ring substituents is 2. The summed E-state index contributed by atoms with van der Waals surface area (Å²) in [6.45, 7) is 0. The highest BCUT2D eigenvalue weighted by molar-refractivity contribution is 14.1. The van der Waals surface area contributed by atoms with Gasteiger partial charge in [-0.15, -0.1) is 0 Å². The van der Waals surface area contributed by atoms with Gasteiger partial charge in [-0.2, -0.15) is 0 Å². The van der Waals surface area contributed by atoms with Crippen LogP contribution in [-0.2, 0) is 0 Å². The Kier molecular flexibility index (Phi) is 4.52. The first-order valence-corrected chi connectivity index (χ1v) is 7.44. The molecule has 2 aromatic carbocycles. The average molecular weight is 496 g/mol. The first-order chi connectivity index (χ1) is 9.40. The lowest BCUT2D eigenvalue weighted by atomic mass is 10.1. The highest BCUT2D eigenvalue weighted by Gasteiger charge is 2.15. The van der Waals surface area contributed by atoms with Gasteiger partial charge in [0.25, 0.3) is 11.4 Å². The Morgan fingerprint density at radius 3 is 1.35 bits per heavy atom. The van der Waals surface area contributed by atoms with E-state index in [1.54, 1.807) is 24.3 Å². The molecule has 0 aliphatic heterocycles. The SMILES string of the molecule is O=[N+]([O-])c1ccc(-c2ccc([N+](=O)[O-])c(I)c2)cc1I. The van der Waals surface area contributed by atoms with Crippen LogP contribution >= 0.6 is 45.2 Å². The molecule has 0 saturated carbocycles. The van der Waals surface area contributed by atoms with Crippen LogP contribution in [0, 0.1) is 27.4 Å². The number of benzene rings is 2. The maximum Gasteiger partial charge on any atom is 0.282 e. The van der Waals surface area contributed by atoms with Crippen molar-refractivity contribution in [2.24, 2.45) is 0 Å². The van der Waals surface area contributed by atoms with E-state index < -0.39 is 9.85 Å². The third kappa shape index (κ3) is 3.06. The van der Waals surface area contributed by atoms with Crippen LogP contribution < -0.4 is 0 Å². The lowest BCUT2D eigenvalue weighted by molar-refractivity contribution is -0.386. The van der Waals surface area contributed by atoms with Crippen LogP contribution in [0.15, 0.2) is 36.4 Å². The highest BCUT2D eigenvalue weighted by Crippen LogP contribution is 2.31. The molecule has 0 unspecified atom stereocenters. The summed E-state index contributed by atoms with van der Waals surface area (Å²) >= 11 is 3.80. The summed E-state index contributed by atoms with van der Waals surface area (Å²) in [5, 5.41) is 21.5. The molecule has 0 amide bonds. The van der Waals surface area contributed by atoms with Gasteiger partial charge in [0.05, 0.1) is 17.0 Å². The summed E-state index contributed by atoms with van der Waals surface area (Å²) < 4.78 is 1.05. The smallest absolute Gasteiger partial charge is 0.258 e. The molecule has 0 aliphatic rings. The minimum Gasteiger partial charge on any atom is -0.258 e. The molecular weight excluding hydrogens is 490 g/mol. The Morgan fingerprint density at radius 2 is 1.10 bits per heavy atom. The van der Waals surface area contributed by atoms with E-state index in [9.17, 15) is 20.2 Å². The van der Waals surface area contributed by atoms with Crippen LogP contribution in [0.2, 0.25) is 0 Å². The van der Waals surface area contributed by atoms with Crippen LogP contribution in [0.3, 0.4) is 0 Å². The number of rotatable bonds is 3. The summed E-state index contributed by atoms with van der Waals surface area (Å²) in [5.41, 5.74) is 1.66. The lowest BCUT2D eigenvalue weighted by Crippen LogP contribution is -1.93. The lowest BCUT2D eigenvalue weighted by Gasteiger charge is -2.04. The highest BCUT2D eigenvalue weighted by atomic mass is 127. The van der Waals surface area contributed by atoms with Crippen molar-refractivity contribution in [2.45, 2.75) is 0 Å². The molecule has 2 rings (SSSR count). The minimum atomic E-state index is -0.439. The molecule has 0 bridgehead atoms. The first-order valence-electron chi connectivity index (χ1n) is 5.28. The molecule has 6 nitrogen and oxygen atoms in total. The topological polar surface area (TPSA) is 86.3 Å². The molecule has 20 heavy (non-hydrogen) atoms. The van der Waals surface area contributed by atoms with E-state index in [2.05, 4.69) is 0 Å². The fourth-order valence-corrected chi connectivity index (χ4v) is 3.09.